The average Bonchev–Trinajstić information content (AvgIpc) is 2.37. The van der Waals surface area contributed by atoms with Crippen LogP contribution in [0, 0.1) is 29.8 Å². The monoisotopic (exact) mass is 297 g/mol. The first kappa shape index (κ1) is 14.1. The van der Waals surface area contributed by atoms with Crippen molar-refractivity contribution in [3.63, 3.8) is 0 Å². The summed E-state index contributed by atoms with van der Waals surface area (Å²) in [5.74, 6) is -1.06. The number of hydrogen-bond donors (Lipinski definition) is 0. The van der Waals surface area contributed by atoms with E-state index in [0.717, 1.165) is 12.1 Å². The van der Waals surface area contributed by atoms with E-state index in [4.69, 9.17) is 16.3 Å². The van der Waals surface area contributed by atoms with Crippen molar-refractivity contribution in [1.82, 2.24) is 9.97 Å². The molecule has 0 atom stereocenters. The highest BCUT2D eigenvalue weighted by atomic mass is 35.5. The summed E-state index contributed by atoms with van der Waals surface area (Å²) < 4.78 is 19.0. The smallest absolute Gasteiger partial charge is 0.314 e. The highest BCUT2D eigenvalue weighted by Gasteiger charge is 2.22. The lowest BCUT2D eigenvalue weighted by atomic mass is 10.3. The van der Waals surface area contributed by atoms with E-state index in [1.54, 1.807) is 13.8 Å². The molecule has 0 saturated carbocycles. The summed E-state index contributed by atoms with van der Waals surface area (Å²) in [5, 5.41) is 11.0. The van der Waals surface area contributed by atoms with Crippen LogP contribution >= 0.6 is 11.6 Å². The SMILES string of the molecule is Cc1nc(Cl)c(C)c(Oc2c(F)cccc2[N+](=O)[O-])n1. The topological polar surface area (TPSA) is 78.2 Å². The summed E-state index contributed by atoms with van der Waals surface area (Å²) in [4.78, 5) is 18.0. The van der Waals surface area contributed by atoms with E-state index in [1.165, 1.54) is 6.07 Å². The molecule has 0 spiro atoms. The molecule has 20 heavy (non-hydrogen) atoms. The molecule has 0 N–H and O–H groups in total. The highest BCUT2D eigenvalue weighted by Crippen LogP contribution is 2.35. The largest absolute Gasteiger partial charge is 0.428 e. The van der Waals surface area contributed by atoms with Crippen molar-refractivity contribution >= 4 is 17.3 Å². The third kappa shape index (κ3) is 2.67. The van der Waals surface area contributed by atoms with Gasteiger partial charge in [0, 0.05) is 11.6 Å². The van der Waals surface area contributed by atoms with E-state index in [2.05, 4.69) is 9.97 Å². The quantitative estimate of drug-likeness (QED) is 0.491. The second kappa shape index (κ2) is 5.38. The first-order valence-corrected chi connectivity index (χ1v) is 5.89. The van der Waals surface area contributed by atoms with Gasteiger partial charge in [0.25, 0.3) is 0 Å². The molecular weight excluding hydrogens is 289 g/mol. The van der Waals surface area contributed by atoms with Crippen molar-refractivity contribution in [2.75, 3.05) is 0 Å². The Bertz CT molecular complexity index is 694. The molecule has 1 aromatic heterocycles. The third-order valence-corrected chi connectivity index (χ3v) is 2.86. The number of hydrogen-bond acceptors (Lipinski definition) is 5. The van der Waals surface area contributed by atoms with E-state index in [1.807, 2.05) is 0 Å². The van der Waals surface area contributed by atoms with Crippen LogP contribution in [0.4, 0.5) is 10.1 Å². The molecule has 1 aromatic carbocycles. The third-order valence-electron chi connectivity index (χ3n) is 2.50. The summed E-state index contributed by atoms with van der Waals surface area (Å²) in [5.41, 5.74) is -0.119. The Morgan fingerprint density at radius 2 is 2.05 bits per heavy atom. The Morgan fingerprint density at radius 3 is 2.70 bits per heavy atom. The van der Waals surface area contributed by atoms with Crippen molar-refractivity contribution < 1.29 is 14.1 Å². The Kier molecular flexibility index (Phi) is 3.80. The molecule has 8 heteroatoms. The summed E-state index contributed by atoms with van der Waals surface area (Å²) >= 11 is 5.87. The van der Waals surface area contributed by atoms with E-state index in [0.29, 0.717) is 11.4 Å². The standard InChI is InChI=1S/C12H9ClFN3O3/c1-6-11(13)15-7(2)16-12(6)20-10-8(14)4-3-5-9(10)17(18)19/h3-5H,1-2H3. The van der Waals surface area contributed by atoms with Gasteiger partial charge in [0.05, 0.1) is 4.92 Å². The molecule has 0 aliphatic heterocycles. The van der Waals surface area contributed by atoms with Gasteiger partial charge in [-0.15, -0.1) is 0 Å². The predicted molar refractivity (Wildman–Crippen MR) is 69.6 cm³/mol. The number of benzene rings is 1. The molecule has 0 unspecified atom stereocenters. The van der Waals surface area contributed by atoms with E-state index < -0.39 is 22.2 Å². The van der Waals surface area contributed by atoms with Gasteiger partial charge < -0.3 is 4.74 Å². The minimum Gasteiger partial charge on any atom is -0.428 e. The minimum absolute atomic E-state index is 0.0179. The summed E-state index contributed by atoms with van der Waals surface area (Å²) in [7, 11) is 0. The fourth-order valence-corrected chi connectivity index (χ4v) is 1.71. The molecular formula is C12H9ClFN3O3. The first-order chi connectivity index (χ1) is 9.40. The molecule has 6 nitrogen and oxygen atoms in total. The minimum atomic E-state index is -0.856. The van der Waals surface area contributed by atoms with Crippen molar-refractivity contribution in [2.45, 2.75) is 13.8 Å². The molecule has 0 saturated heterocycles. The van der Waals surface area contributed by atoms with Gasteiger partial charge >= 0.3 is 5.69 Å². The maximum Gasteiger partial charge on any atom is 0.314 e. The van der Waals surface area contributed by atoms with Gasteiger partial charge in [-0.05, 0) is 19.9 Å². The second-order valence-corrected chi connectivity index (χ2v) is 4.30. The fourth-order valence-electron chi connectivity index (χ4n) is 1.51. The number of ether oxygens (including phenoxy) is 1. The maximum absolute atomic E-state index is 13.7. The van der Waals surface area contributed by atoms with Crippen LogP contribution in [-0.4, -0.2) is 14.9 Å². The normalized spacial score (nSPS) is 10.4. The number of aromatic nitrogens is 2. The lowest BCUT2D eigenvalue weighted by molar-refractivity contribution is -0.385. The number of aryl methyl sites for hydroxylation is 1. The number of halogens is 2. The zero-order valence-corrected chi connectivity index (χ0v) is 11.3. The average molecular weight is 298 g/mol. The second-order valence-electron chi connectivity index (χ2n) is 3.94. The van der Waals surface area contributed by atoms with E-state index >= 15 is 0 Å². The Hall–Kier alpha value is -2.28. The van der Waals surface area contributed by atoms with Crippen LogP contribution in [0.5, 0.6) is 11.6 Å². The Morgan fingerprint density at radius 1 is 1.35 bits per heavy atom. The summed E-state index contributed by atoms with van der Waals surface area (Å²) in [6.45, 7) is 3.15. The van der Waals surface area contributed by atoms with E-state index in [-0.39, 0.29) is 11.0 Å². The van der Waals surface area contributed by atoms with Gasteiger partial charge in [-0.1, -0.05) is 17.7 Å². The van der Waals surface area contributed by atoms with Gasteiger partial charge in [0.2, 0.25) is 11.6 Å². The van der Waals surface area contributed by atoms with E-state index in [9.17, 15) is 14.5 Å². The molecule has 0 fully saturated rings. The highest BCUT2D eigenvalue weighted by molar-refractivity contribution is 6.30. The fraction of sp³-hybridized carbons (Fsp3) is 0.167. The van der Waals surface area contributed by atoms with Crippen LogP contribution in [0.3, 0.4) is 0 Å². The predicted octanol–water partition coefficient (Wildman–Crippen LogP) is 3.59. The van der Waals surface area contributed by atoms with Crippen LogP contribution < -0.4 is 4.74 Å². The van der Waals surface area contributed by atoms with Crippen molar-refractivity contribution in [3.05, 3.63) is 50.7 Å². The molecule has 2 rings (SSSR count). The molecule has 104 valence electrons. The number of rotatable bonds is 3. The number of para-hydroxylation sites is 1. The molecule has 0 radical (unpaired) electrons. The van der Waals surface area contributed by atoms with Gasteiger partial charge in [-0.25, -0.2) is 9.37 Å². The molecule has 0 bridgehead atoms. The van der Waals surface area contributed by atoms with Crippen molar-refractivity contribution in [2.24, 2.45) is 0 Å². The molecule has 0 aliphatic rings. The number of nitro benzene ring substituents is 1. The maximum atomic E-state index is 13.7. The van der Waals surface area contributed by atoms with Gasteiger partial charge in [-0.2, -0.15) is 4.98 Å². The van der Waals surface area contributed by atoms with Crippen LogP contribution in [0.25, 0.3) is 0 Å². The Balaban J connectivity index is 2.53. The van der Waals surface area contributed by atoms with Gasteiger partial charge in [0.15, 0.2) is 5.82 Å². The van der Waals surface area contributed by atoms with Crippen molar-refractivity contribution in [1.29, 1.82) is 0 Å². The summed E-state index contributed by atoms with van der Waals surface area (Å²) in [6.07, 6.45) is 0. The van der Waals surface area contributed by atoms with Crippen LogP contribution in [0.1, 0.15) is 11.4 Å². The molecule has 0 amide bonds. The first-order valence-electron chi connectivity index (χ1n) is 5.51. The van der Waals surface area contributed by atoms with Crippen LogP contribution in [0.2, 0.25) is 5.15 Å². The van der Waals surface area contributed by atoms with Crippen molar-refractivity contribution in [3.8, 4) is 11.6 Å². The van der Waals surface area contributed by atoms with Gasteiger partial charge in [-0.3, -0.25) is 10.1 Å². The molecule has 2 aromatic rings. The van der Waals surface area contributed by atoms with Gasteiger partial charge in [0.1, 0.15) is 11.0 Å². The summed E-state index contributed by atoms with van der Waals surface area (Å²) in [6, 6.07) is 3.43. The number of nitro groups is 1. The lowest BCUT2D eigenvalue weighted by Crippen LogP contribution is -2.01. The lowest BCUT2D eigenvalue weighted by Gasteiger charge is -2.10. The number of nitrogens with zero attached hydrogens (tertiary/aromatic N) is 3. The molecule has 0 aliphatic carbocycles. The Labute approximate surface area is 118 Å². The molecule has 1 heterocycles. The van der Waals surface area contributed by atoms with Crippen LogP contribution in [0.15, 0.2) is 18.2 Å². The zero-order valence-electron chi connectivity index (χ0n) is 10.6. The zero-order chi connectivity index (χ0) is 14.9. The van der Waals surface area contributed by atoms with Crippen LogP contribution in [-0.2, 0) is 0 Å².